The van der Waals surface area contributed by atoms with Gasteiger partial charge in [-0.3, -0.25) is 0 Å². The van der Waals surface area contributed by atoms with Crippen LogP contribution in [0.25, 0.3) is 0 Å². The maximum Gasteiger partial charge on any atom is 0.573 e. The highest BCUT2D eigenvalue weighted by molar-refractivity contribution is 7.89. The molecule has 0 unspecified atom stereocenters. The van der Waals surface area contributed by atoms with E-state index >= 15 is 0 Å². The molecule has 0 spiro atoms. The maximum absolute atomic E-state index is 12.5. The third-order valence-corrected chi connectivity index (χ3v) is 4.80. The van der Waals surface area contributed by atoms with Crippen molar-refractivity contribution in [2.75, 3.05) is 19.7 Å². The van der Waals surface area contributed by atoms with Crippen LogP contribution >= 0.6 is 0 Å². The van der Waals surface area contributed by atoms with Crippen molar-refractivity contribution in [2.24, 2.45) is 0 Å². The average molecular weight is 325 g/mol. The molecule has 5 nitrogen and oxygen atoms in total. The number of benzene rings is 1. The Labute approximate surface area is 120 Å². The third kappa shape index (κ3) is 3.86. The molecule has 0 radical (unpaired) electrons. The van der Waals surface area contributed by atoms with Crippen molar-refractivity contribution >= 4 is 10.0 Å². The minimum atomic E-state index is -4.95. The first-order valence-electron chi connectivity index (χ1n) is 6.17. The van der Waals surface area contributed by atoms with Gasteiger partial charge in [0, 0.05) is 13.1 Å². The van der Waals surface area contributed by atoms with Gasteiger partial charge in [-0.05, 0) is 19.1 Å². The van der Waals surface area contributed by atoms with Gasteiger partial charge in [0.15, 0.2) is 0 Å². The minimum absolute atomic E-state index is 0.0860. The van der Waals surface area contributed by atoms with E-state index in [2.05, 4.69) is 4.74 Å². The van der Waals surface area contributed by atoms with Crippen LogP contribution in [-0.2, 0) is 14.8 Å². The molecule has 1 fully saturated rings. The number of halogens is 3. The van der Waals surface area contributed by atoms with E-state index in [0.717, 1.165) is 16.4 Å². The predicted octanol–water partition coefficient (Wildman–Crippen LogP) is 1.99. The zero-order valence-corrected chi connectivity index (χ0v) is 11.9. The SMILES string of the molecule is C[C@H]1CN(S(=O)(=O)c2ccccc2OC(F)(F)F)CCO1. The van der Waals surface area contributed by atoms with Gasteiger partial charge in [-0.25, -0.2) is 8.42 Å². The molecule has 0 aliphatic carbocycles. The van der Waals surface area contributed by atoms with E-state index < -0.39 is 27.0 Å². The van der Waals surface area contributed by atoms with Gasteiger partial charge < -0.3 is 9.47 Å². The topological polar surface area (TPSA) is 55.8 Å². The van der Waals surface area contributed by atoms with Crippen LogP contribution in [0.3, 0.4) is 0 Å². The largest absolute Gasteiger partial charge is 0.573 e. The first kappa shape index (κ1) is 16.1. The van der Waals surface area contributed by atoms with Crippen molar-refractivity contribution in [3.63, 3.8) is 0 Å². The molecule has 1 aliphatic rings. The van der Waals surface area contributed by atoms with Crippen LogP contribution in [0.5, 0.6) is 5.75 Å². The molecule has 1 aromatic rings. The molecule has 0 amide bonds. The van der Waals surface area contributed by atoms with Crippen molar-refractivity contribution < 1.29 is 31.1 Å². The van der Waals surface area contributed by atoms with Gasteiger partial charge in [-0.2, -0.15) is 4.31 Å². The fraction of sp³-hybridized carbons (Fsp3) is 0.500. The summed E-state index contributed by atoms with van der Waals surface area (Å²) in [5.74, 6) is -0.732. The summed E-state index contributed by atoms with van der Waals surface area (Å²) in [6, 6.07) is 4.70. The quantitative estimate of drug-likeness (QED) is 0.853. The Morgan fingerprint density at radius 1 is 1.33 bits per heavy atom. The second kappa shape index (κ2) is 5.82. The number of ether oxygens (including phenoxy) is 2. The molecule has 21 heavy (non-hydrogen) atoms. The summed E-state index contributed by atoms with van der Waals surface area (Å²) >= 11 is 0. The second-order valence-electron chi connectivity index (χ2n) is 4.54. The average Bonchev–Trinajstić information content (AvgIpc) is 2.37. The lowest BCUT2D eigenvalue weighted by Gasteiger charge is -2.30. The van der Waals surface area contributed by atoms with Gasteiger partial charge >= 0.3 is 6.36 Å². The van der Waals surface area contributed by atoms with Gasteiger partial charge in [0.2, 0.25) is 10.0 Å². The Balaban J connectivity index is 2.36. The number of morpholine rings is 1. The summed E-state index contributed by atoms with van der Waals surface area (Å²) in [5, 5.41) is 0. The third-order valence-electron chi connectivity index (χ3n) is 2.90. The molecule has 9 heteroatoms. The molecule has 0 bridgehead atoms. The van der Waals surface area contributed by atoms with Crippen LogP contribution in [0.2, 0.25) is 0 Å². The molecule has 0 saturated carbocycles. The lowest BCUT2D eigenvalue weighted by molar-refractivity contribution is -0.275. The van der Waals surface area contributed by atoms with Crippen LogP contribution in [0.15, 0.2) is 29.2 Å². The summed E-state index contributed by atoms with van der Waals surface area (Å²) in [5.41, 5.74) is 0. The van der Waals surface area contributed by atoms with Gasteiger partial charge in [-0.1, -0.05) is 12.1 Å². The predicted molar refractivity (Wildman–Crippen MR) is 67.3 cm³/mol. The number of nitrogens with zero attached hydrogens (tertiary/aromatic N) is 1. The molecular weight excluding hydrogens is 311 g/mol. The molecule has 0 N–H and O–H groups in total. The minimum Gasteiger partial charge on any atom is -0.404 e. The summed E-state index contributed by atoms with van der Waals surface area (Å²) in [4.78, 5) is -0.503. The van der Waals surface area contributed by atoms with E-state index in [0.29, 0.717) is 0 Å². The molecule has 2 rings (SSSR count). The monoisotopic (exact) mass is 325 g/mol. The van der Waals surface area contributed by atoms with Crippen molar-refractivity contribution in [1.29, 1.82) is 0 Å². The number of alkyl halides is 3. The van der Waals surface area contributed by atoms with Gasteiger partial charge in [0.1, 0.15) is 10.6 Å². The fourth-order valence-corrected chi connectivity index (χ4v) is 3.63. The van der Waals surface area contributed by atoms with Crippen LogP contribution in [0.1, 0.15) is 6.92 Å². The van der Waals surface area contributed by atoms with Crippen LogP contribution in [0.4, 0.5) is 13.2 Å². The van der Waals surface area contributed by atoms with Gasteiger partial charge in [0.25, 0.3) is 0 Å². The summed E-state index contributed by atoms with van der Waals surface area (Å²) < 4.78 is 72.1. The van der Waals surface area contributed by atoms with E-state index in [1.807, 2.05) is 0 Å². The Hall–Kier alpha value is -1.32. The fourth-order valence-electron chi connectivity index (χ4n) is 2.02. The molecule has 1 aliphatic heterocycles. The molecular formula is C12H14F3NO4S. The van der Waals surface area contributed by atoms with E-state index in [4.69, 9.17) is 4.74 Å². The standard InChI is InChI=1S/C12H14F3NO4S/c1-9-8-16(6-7-19-9)21(17,18)11-5-3-2-4-10(11)20-12(13,14)15/h2-5,9H,6-8H2,1H3/t9-/m0/s1. The Morgan fingerprint density at radius 3 is 2.62 bits per heavy atom. The first-order valence-corrected chi connectivity index (χ1v) is 7.61. The first-order chi connectivity index (χ1) is 9.70. The van der Waals surface area contributed by atoms with E-state index in [1.165, 1.54) is 12.1 Å². The molecule has 0 aromatic heterocycles. The normalized spacial score (nSPS) is 21.2. The number of hydrogen-bond acceptors (Lipinski definition) is 4. The van der Waals surface area contributed by atoms with Crippen molar-refractivity contribution in [3.8, 4) is 5.75 Å². The number of sulfonamides is 1. The lowest BCUT2D eigenvalue weighted by atomic mass is 10.3. The molecule has 118 valence electrons. The van der Waals surface area contributed by atoms with Crippen LogP contribution in [-0.4, -0.2) is 44.9 Å². The summed E-state index contributed by atoms with van der Waals surface area (Å²) in [7, 11) is -4.07. The van der Waals surface area contributed by atoms with Gasteiger partial charge in [0.05, 0.1) is 12.7 Å². The van der Waals surface area contributed by atoms with Gasteiger partial charge in [-0.15, -0.1) is 13.2 Å². The zero-order valence-electron chi connectivity index (χ0n) is 11.1. The highest BCUT2D eigenvalue weighted by atomic mass is 32.2. The van der Waals surface area contributed by atoms with Crippen molar-refractivity contribution in [1.82, 2.24) is 4.31 Å². The zero-order chi connectivity index (χ0) is 15.7. The van der Waals surface area contributed by atoms with Crippen LogP contribution < -0.4 is 4.74 Å². The smallest absolute Gasteiger partial charge is 0.404 e. The van der Waals surface area contributed by atoms with E-state index in [9.17, 15) is 21.6 Å². The Kier molecular flexibility index (Phi) is 4.45. The summed E-state index contributed by atoms with van der Waals surface area (Å²) in [6.07, 6.45) is -5.27. The number of para-hydroxylation sites is 1. The lowest BCUT2D eigenvalue weighted by Crippen LogP contribution is -2.44. The molecule has 1 aromatic carbocycles. The van der Waals surface area contributed by atoms with Crippen molar-refractivity contribution in [3.05, 3.63) is 24.3 Å². The maximum atomic E-state index is 12.5. The van der Waals surface area contributed by atoms with Crippen molar-refractivity contribution in [2.45, 2.75) is 24.3 Å². The molecule has 1 saturated heterocycles. The second-order valence-corrected chi connectivity index (χ2v) is 6.45. The number of hydrogen-bond donors (Lipinski definition) is 0. The molecule has 1 atom stereocenters. The highest BCUT2D eigenvalue weighted by Crippen LogP contribution is 2.31. The summed E-state index contributed by atoms with van der Waals surface area (Å²) in [6.45, 7) is 2.07. The molecule has 1 heterocycles. The van der Waals surface area contributed by atoms with E-state index in [-0.39, 0.29) is 25.8 Å². The Morgan fingerprint density at radius 2 is 2.00 bits per heavy atom. The number of rotatable bonds is 3. The Bertz CT molecular complexity index is 603. The van der Waals surface area contributed by atoms with Crippen LogP contribution in [0, 0.1) is 0 Å². The highest BCUT2D eigenvalue weighted by Gasteiger charge is 2.36. The van der Waals surface area contributed by atoms with E-state index in [1.54, 1.807) is 6.92 Å².